The van der Waals surface area contributed by atoms with E-state index < -0.39 is 6.04 Å². The minimum Gasteiger partial charge on any atom is -0.341 e. The maximum Gasteiger partial charge on any atom is 0.244 e. The average Bonchev–Trinajstić information content (AvgIpc) is 2.95. The molecule has 0 saturated carbocycles. The molecule has 1 fully saturated rings. The first kappa shape index (κ1) is 13.1. The van der Waals surface area contributed by atoms with Gasteiger partial charge in [0.05, 0.1) is 6.20 Å². The van der Waals surface area contributed by atoms with E-state index in [1.807, 2.05) is 11.9 Å². The van der Waals surface area contributed by atoms with Crippen LogP contribution in [0.25, 0.3) is 0 Å². The molecule has 1 saturated heterocycles. The van der Waals surface area contributed by atoms with Crippen LogP contribution in [0.1, 0.15) is 31.9 Å². The Labute approximate surface area is 108 Å². The SMILES string of the molecule is CC(C)C1CCN(C(=O)C(N)c2cnn(C)c2)C1. The Balaban J connectivity index is 2.00. The first-order chi connectivity index (χ1) is 8.49. The average molecular weight is 250 g/mol. The molecule has 2 rings (SSSR count). The number of carbonyl (C=O) groups is 1. The number of aryl methyl sites for hydroxylation is 1. The highest BCUT2D eigenvalue weighted by Crippen LogP contribution is 2.25. The summed E-state index contributed by atoms with van der Waals surface area (Å²) in [5.74, 6) is 1.25. The smallest absolute Gasteiger partial charge is 0.244 e. The standard InChI is InChI=1S/C13H22N4O/c1-9(2)10-4-5-17(8-10)13(18)12(14)11-6-15-16(3)7-11/h6-7,9-10,12H,4-5,8,14H2,1-3H3. The minimum absolute atomic E-state index is 0.0196. The molecule has 1 aromatic heterocycles. The number of likely N-dealkylation sites (tertiary alicyclic amines) is 1. The molecule has 100 valence electrons. The van der Waals surface area contributed by atoms with E-state index in [-0.39, 0.29) is 5.91 Å². The van der Waals surface area contributed by atoms with E-state index in [2.05, 4.69) is 18.9 Å². The largest absolute Gasteiger partial charge is 0.341 e. The number of nitrogens with zero attached hydrogens (tertiary/aromatic N) is 3. The molecule has 2 N–H and O–H groups in total. The Bertz CT molecular complexity index is 426. The number of aromatic nitrogens is 2. The molecule has 1 aliphatic rings. The van der Waals surface area contributed by atoms with Gasteiger partial charge in [0, 0.05) is 31.9 Å². The Morgan fingerprint density at radius 1 is 1.56 bits per heavy atom. The monoisotopic (exact) mass is 250 g/mol. The zero-order valence-electron chi connectivity index (χ0n) is 11.3. The van der Waals surface area contributed by atoms with E-state index in [0.717, 1.165) is 25.1 Å². The fourth-order valence-corrected chi connectivity index (χ4v) is 2.47. The van der Waals surface area contributed by atoms with Crippen molar-refractivity contribution < 1.29 is 4.79 Å². The van der Waals surface area contributed by atoms with Crippen LogP contribution in [0.5, 0.6) is 0 Å². The number of carbonyl (C=O) groups excluding carboxylic acids is 1. The number of hydrogen-bond acceptors (Lipinski definition) is 3. The maximum atomic E-state index is 12.3. The summed E-state index contributed by atoms with van der Waals surface area (Å²) < 4.78 is 1.67. The van der Waals surface area contributed by atoms with Crippen LogP contribution in [0, 0.1) is 11.8 Å². The third-order valence-corrected chi connectivity index (χ3v) is 3.83. The second kappa shape index (κ2) is 5.10. The van der Waals surface area contributed by atoms with Crippen molar-refractivity contribution in [2.75, 3.05) is 13.1 Å². The molecule has 1 amide bonds. The molecule has 0 aliphatic carbocycles. The fourth-order valence-electron chi connectivity index (χ4n) is 2.47. The predicted octanol–water partition coefficient (Wildman–Crippen LogP) is 0.924. The van der Waals surface area contributed by atoms with Crippen molar-refractivity contribution in [3.63, 3.8) is 0 Å². The van der Waals surface area contributed by atoms with Crippen LogP contribution in [0.15, 0.2) is 12.4 Å². The molecule has 2 heterocycles. The topological polar surface area (TPSA) is 64.2 Å². The molecule has 0 radical (unpaired) electrons. The van der Waals surface area contributed by atoms with Crippen molar-refractivity contribution in [3.8, 4) is 0 Å². The summed E-state index contributed by atoms with van der Waals surface area (Å²) >= 11 is 0. The van der Waals surface area contributed by atoms with E-state index in [0.29, 0.717) is 11.8 Å². The van der Waals surface area contributed by atoms with Gasteiger partial charge in [0.25, 0.3) is 0 Å². The summed E-state index contributed by atoms with van der Waals surface area (Å²) in [5.41, 5.74) is 6.80. The van der Waals surface area contributed by atoms with E-state index >= 15 is 0 Å². The van der Waals surface area contributed by atoms with Crippen LogP contribution in [-0.2, 0) is 11.8 Å². The molecule has 2 atom stereocenters. The molecule has 2 unspecified atom stereocenters. The van der Waals surface area contributed by atoms with Crippen molar-refractivity contribution in [3.05, 3.63) is 18.0 Å². The minimum atomic E-state index is -0.579. The summed E-state index contributed by atoms with van der Waals surface area (Å²) in [6, 6.07) is -0.579. The molecule has 1 aliphatic heterocycles. The lowest BCUT2D eigenvalue weighted by Gasteiger charge is -2.21. The maximum absolute atomic E-state index is 12.3. The number of nitrogens with two attached hydrogens (primary N) is 1. The second-order valence-corrected chi connectivity index (χ2v) is 5.50. The number of amides is 1. The third-order valence-electron chi connectivity index (χ3n) is 3.83. The number of hydrogen-bond donors (Lipinski definition) is 1. The van der Waals surface area contributed by atoms with Gasteiger partial charge in [-0.25, -0.2) is 0 Å². The molecule has 0 bridgehead atoms. The van der Waals surface area contributed by atoms with Crippen LogP contribution >= 0.6 is 0 Å². The lowest BCUT2D eigenvalue weighted by molar-refractivity contribution is -0.131. The van der Waals surface area contributed by atoms with E-state index in [1.54, 1.807) is 17.1 Å². The van der Waals surface area contributed by atoms with Crippen molar-refractivity contribution in [1.29, 1.82) is 0 Å². The lowest BCUT2D eigenvalue weighted by atomic mass is 9.95. The highest BCUT2D eigenvalue weighted by Gasteiger charge is 2.31. The quantitative estimate of drug-likeness (QED) is 0.867. The molecule has 0 aromatic carbocycles. The second-order valence-electron chi connectivity index (χ2n) is 5.50. The number of rotatable bonds is 3. The van der Waals surface area contributed by atoms with E-state index in [1.165, 1.54) is 0 Å². The van der Waals surface area contributed by atoms with Gasteiger partial charge in [0.2, 0.25) is 5.91 Å². The van der Waals surface area contributed by atoms with Crippen LogP contribution in [-0.4, -0.2) is 33.7 Å². The summed E-state index contributed by atoms with van der Waals surface area (Å²) in [6.45, 7) is 6.08. The fraction of sp³-hybridized carbons (Fsp3) is 0.692. The van der Waals surface area contributed by atoms with Gasteiger partial charge >= 0.3 is 0 Å². The van der Waals surface area contributed by atoms with Gasteiger partial charge in [-0.15, -0.1) is 0 Å². The first-order valence-corrected chi connectivity index (χ1v) is 6.52. The van der Waals surface area contributed by atoms with Gasteiger partial charge in [0.1, 0.15) is 6.04 Å². The molecular weight excluding hydrogens is 228 g/mol. The lowest BCUT2D eigenvalue weighted by Crippen LogP contribution is -2.37. The predicted molar refractivity (Wildman–Crippen MR) is 69.7 cm³/mol. The van der Waals surface area contributed by atoms with Crippen LogP contribution in [0.3, 0.4) is 0 Å². The summed E-state index contributed by atoms with van der Waals surface area (Å²) in [7, 11) is 1.82. The molecular formula is C13H22N4O. The first-order valence-electron chi connectivity index (χ1n) is 6.52. The van der Waals surface area contributed by atoms with Gasteiger partial charge in [-0.05, 0) is 18.3 Å². The van der Waals surface area contributed by atoms with Gasteiger partial charge in [0.15, 0.2) is 0 Å². The Kier molecular flexibility index (Phi) is 3.71. The molecule has 18 heavy (non-hydrogen) atoms. The van der Waals surface area contributed by atoms with Crippen molar-refractivity contribution in [1.82, 2.24) is 14.7 Å². The van der Waals surface area contributed by atoms with Crippen LogP contribution < -0.4 is 5.73 Å². The summed E-state index contributed by atoms with van der Waals surface area (Å²) in [5, 5.41) is 4.06. The van der Waals surface area contributed by atoms with Gasteiger partial charge in [-0.2, -0.15) is 5.10 Å². The van der Waals surface area contributed by atoms with Gasteiger partial charge in [-0.1, -0.05) is 13.8 Å². The van der Waals surface area contributed by atoms with Gasteiger partial charge < -0.3 is 10.6 Å². The van der Waals surface area contributed by atoms with Crippen molar-refractivity contribution >= 4 is 5.91 Å². The normalized spacial score (nSPS) is 21.6. The van der Waals surface area contributed by atoms with Crippen LogP contribution in [0.4, 0.5) is 0 Å². The Morgan fingerprint density at radius 2 is 2.28 bits per heavy atom. The zero-order chi connectivity index (χ0) is 13.3. The highest BCUT2D eigenvalue weighted by atomic mass is 16.2. The molecule has 1 aromatic rings. The Hall–Kier alpha value is -1.36. The van der Waals surface area contributed by atoms with Crippen LogP contribution in [0.2, 0.25) is 0 Å². The Morgan fingerprint density at radius 3 is 2.78 bits per heavy atom. The van der Waals surface area contributed by atoms with Crippen molar-refractivity contribution in [2.45, 2.75) is 26.3 Å². The van der Waals surface area contributed by atoms with E-state index in [9.17, 15) is 4.79 Å². The molecule has 0 spiro atoms. The van der Waals surface area contributed by atoms with Gasteiger partial charge in [-0.3, -0.25) is 9.48 Å². The molecule has 5 heteroatoms. The highest BCUT2D eigenvalue weighted by molar-refractivity contribution is 5.83. The third kappa shape index (κ3) is 2.56. The summed E-state index contributed by atoms with van der Waals surface area (Å²) in [6.07, 6.45) is 4.56. The zero-order valence-corrected chi connectivity index (χ0v) is 11.3. The van der Waals surface area contributed by atoms with E-state index in [4.69, 9.17) is 5.73 Å². The van der Waals surface area contributed by atoms with Crippen molar-refractivity contribution in [2.24, 2.45) is 24.6 Å². The summed E-state index contributed by atoms with van der Waals surface area (Å²) in [4.78, 5) is 14.2. The molecule has 5 nitrogen and oxygen atoms in total.